The molecule has 6 heteroatoms. The van der Waals surface area contributed by atoms with Crippen LogP contribution in [0.15, 0.2) is 170 Å². The fraction of sp³-hybridized carbons (Fsp3) is 0.563. The molecule has 0 bridgehead atoms. The van der Waals surface area contributed by atoms with E-state index < -0.39 is 6.10 Å². The zero-order valence-corrected chi connectivity index (χ0v) is 49.1. The molecule has 0 aliphatic rings. The molecule has 0 aromatic carbocycles. The average molecular weight is 1060 g/mol. The SMILES string of the molecule is CC/C=C\C/C=C\C/C=C\C/C=C\C/C=C\C/C=C\C/C=C\C/C=C\C/C=C\C/C=C\CCCCC(=O)OCC(COC(=O)CCCCCCCCCCCCC)OC(=O)CCCC/C=C\C/C=C\C/C=C\C/C=C\CC. The Morgan fingerprint density at radius 3 is 0.792 bits per heavy atom. The van der Waals surface area contributed by atoms with Crippen LogP contribution in [-0.4, -0.2) is 37.2 Å². The predicted molar refractivity (Wildman–Crippen MR) is 334 cm³/mol. The largest absolute Gasteiger partial charge is 0.462 e. The molecular weight excluding hydrogens is 949 g/mol. The molecule has 77 heavy (non-hydrogen) atoms. The quantitative estimate of drug-likeness (QED) is 0.0261. The number of allylic oxidation sites excluding steroid dienone is 28. The van der Waals surface area contributed by atoms with Gasteiger partial charge in [-0.15, -0.1) is 0 Å². The minimum Gasteiger partial charge on any atom is -0.462 e. The van der Waals surface area contributed by atoms with Gasteiger partial charge in [0, 0.05) is 19.3 Å². The van der Waals surface area contributed by atoms with Crippen LogP contribution in [0.3, 0.4) is 0 Å². The van der Waals surface area contributed by atoms with Crippen molar-refractivity contribution in [1.82, 2.24) is 0 Å². The number of esters is 3. The topological polar surface area (TPSA) is 78.9 Å². The van der Waals surface area contributed by atoms with Crippen molar-refractivity contribution in [2.24, 2.45) is 0 Å². The van der Waals surface area contributed by atoms with Crippen LogP contribution in [0, 0.1) is 0 Å². The van der Waals surface area contributed by atoms with Crippen molar-refractivity contribution in [2.75, 3.05) is 13.2 Å². The van der Waals surface area contributed by atoms with E-state index in [0.717, 1.165) is 135 Å². The summed E-state index contributed by atoms with van der Waals surface area (Å²) < 4.78 is 16.8. The van der Waals surface area contributed by atoms with E-state index >= 15 is 0 Å². The highest BCUT2D eigenvalue weighted by Gasteiger charge is 2.19. The van der Waals surface area contributed by atoms with E-state index in [9.17, 15) is 14.4 Å². The molecule has 0 amide bonds. The lowest BCUT2D eigenvalue weighted by molar-refractivity contribution is -0.167. The number of hydrogen-bond donors (Lipinski definition) is 0. The summed E-state index contributed by atoms with van der Waals surface area (Å²) in [4.78, 5) is 38.1. The van der Waals surface area contributed by atoms with E-state index in [4.69, 9.17) is 14.2 Å². The Morgan fingerprint density at radius 2 is 0.506 bits per heavy atom. The zero-order valence-electron chi connectivity index (χ0n) is 49.1. The minimum atomic E-state index is -0.824. The molecule has 0 fully saturated rings. The summed E-state index contributed by atoms with van der Waals surface area (Å²) in [6.45, 7) is 6.31. The van der Waals surface area contributed by atoms with E-state index in [1.807, 2.05) is 0 Å². The average Bonchev–Trinajstić information content (AvgIpc) is 3.43. The van der Waals surface area contributed by atoms with Crippen molar-refractivity contribution in [2.45, 2.75) is 245 Å². The van der Waals surface area contributed by atoms with E-state index in [1.54, 1.807) is 0 Å². The summed E-state index contributed by atoms with van der Waals surface area (Å²) in [6.07, 6.45) is 93.7. The molecule has 1 unspecified atom stereocenters. The molecule has 0 heterocycles. The van der Waals surface area contributed by atoms with Gasteiger partial charge in [-0.3, -0.25) is 14.4 Å². The van der Waals surface area contributed by atoms with Crippen molar-refractivity contribution in [3.8, 4) is 0 Å². The molecular formula is C71H110O6. The maximum Gasteiger partial charge on any atom is 0.306 e. The van der Waals surface area contributed by atoms with Crippen LogP contribution in [0.2, 0.25) is 0 Å². The number of rotatable bonds is 53. The third-order valence-corrected chi connectivity index (χ3v) is 12.2. The third kappa shape index (κ3) is 61.5. The molecule has 0 aromatic rings. The zero-order chi connectivity index (χ0) is 55.7. The molecule has 0 radical (unpaired) electrons. The summed E-state index contributed by atoms with van der Waals surface area (Å²) in [6, 6.07) is 0. The van der Waals surface area contributed by atoms with Gasteiger partial charge in [0.05, 0.1) is 0 Å². The van der Waals surface area contributed by atoms with Crippen LogP contribution in [-0.2, 0) is 28.6 Å². The number of carbonyl (C=O) groups is 3. The van der Waals surface area contributed by atoms with Gasteiger partial charge in [-0.25, -0.2) is 0 Å². The lowest BCUT2D eigenvalue weighted by Crippen LogP contribution is -2.30. The molecule has 0 rings (SSSR count). The van der Waals surface area contributed by atoms with E-state index in [1.165, 1.54) is 51.4 Å². The molecule has 0 saturated carbocycles. The van der Waals surface area contributed by atoms with Gasteiger partial charge in [0.25, 0.3) is 0 Å². The Hall–Kier alpha value is -5.23. The van der Waals surface area contributed by atoms with Gasteiger partial charge < -0.3 is 14.2 Å². The fourth-order valence-electron chi connectivity index (χ4n) is 7.69. The van der Waals surface area contributed by atoms with Crippen LogP contribution in [0.4, 0.5) is 0 Å². The van der Waals surface area contributed by atoms with Gasteiger partial charge in [0.2, 0.25) is 0 Å². The fourth-order valence-corrected chi connectivity index (χ4v) is 7.69. The van der Waals surface area contributed by atoms with Crippen LogP contribution >= 0.6 is 0 Å². The monoisotopic (exact) mass is 1060 g/mol. The molecule has 0 saturated heterocycles. The minimum absolute atomic E-state index is 0.114. The molecule has 430 valence electrons. The third-order valence-electron chi connectivity index (χ3n) is 12.2. The second kappa shape index (κ2) is 63.3. The Bertz CT molecular complexity index is 1790. The van der Waals surface area contributed by atoms with Crippen molar-refractivity contribution in [1.29, 1.82) is 0 Å². The molecule has 1 atom stereocenters. The Labute approximate surface area is 472 Å². The Balaban J connectivity index is 4.40. The summed E-state index contributed by atoms with van der Waals surface area (Å²) >= 11 is 0. The van der Waals surface area contributed by atoms with E-state index in [-0.39, 0.29) is 44.0 Å². The summed E-state index contributed by atoms with van der Waals surface area (Å²) in [5, 5.41) is 0. The van der Waals surface area contributed by atoms with Crippen LogP contribution in [0.25, 0.3) is 0 Å². The summed E-state index contributed by atoms with van der Waals surface area (Å²) in [7, 11) is 0. The first kappa shape index (κ1) is 71.8. The smallest absolute Gasteiger partial charge is 0.306 e. The van der Waals surface area contributed by atoms with Crippen LogP contribution in [0.1, 0.15) is 239 Å². The van der Waals surface area contributed by atoms with Crippen molar-refractivity contribution in [3.63, 3.8) is 0 Å². The van der Waals surface area contributed by atoms with Crippen LogP contribution in [0.5, 0.6) is 0 Å². The van der Waals surface area contributed by atoms with Crippen molar-refractivity contribution in [3.05, 3.63) is 170 Å². The van der Waals surface area contributed by atoms with Gasteiger partial charge in [-0.05, 0) is 135 Å². The molecule has 0 aliphatic carbocycles. The maximum atomic E-state index is 12.8. The van der Waals surface area contributed by atoms with Gasteiger partial charge >= 0.3 is 17.9 Å². The van der Waals surface area contributed by atoms with Gasteiger partial charge in [-0.2, -0.15) is 0 Å². The first-order valence-corrected chi connectivity index (χ1v) is 30.6. The number of unbranched alkanes of at least 4 members (excludes halogenated alkanes) is 14. The van der Waals surface area contributed by atoms with Gasteiger partial charge in [-0.1, -0.05) is 255 Å². The van der Waals surface area contributed by atoms with Crippen molar-refractivity contribution >= 4 is 17.9 Å². The molecule has 0 spiro atoms. The molecule has 0 aliphatic heterocycles. The van der Waals surface area contributed by atoms with Crippen molar-refractivity contribution < 1.29 is 28.6 Å². The second-order valence-corrected chi connectivity index (χ2v) is 19.5. The van der Waals surface area contributed by atoms with Crippen LogP contribution < -0.4 is 0 Å². The Kier molecular flexibility index (Phi) is 59.0. The predicted octanol–water partition coefficient (Wildman–Crippen LogP) is 21.1. The summed E-state index contributed by atoms with van der Waals surface area (Å²) in [5.41, 5.74) is 0. The molecule has 6 nitrogen and oxygen atoms in total. The highest BCUT2D eigenvalue weighted by Crippen LogP contribution is 2.13. The van der Waals surface area contributed by atoms with Gasteiger partial charge in [0.15, 0.2) is 6.10 Å². The number of hydrogen-bond acceptors (Lipinski definition) is 6. The first-order valence-electron chi connectivity index (χ1n) is 30.6. The first-order chi connectivity index (χ1) is 38.0. The standard InChI is InChI=1S/C71H110O6/c1-4-7-10-13-16-19-22-24-26-27-28-29-30-31-32-33-34-35-36-37-38-39-40-41-42-43-45-46-49-52-55-58-61-64-70(73)76-67-68(66-75-69(72)63-60-57-54-51-48-21-18-15-12-9-6-3)77-71(74)65-62-59-56-53-50-47-44-25-23-20-17-14-11-8-5-2/h7-8,10-11,16-17,19-20,24-26,28-29,31-32,34-35,37-38,40-41,43-45,49-50,52-53,68H,4-6,9,12-15,18,21-23,27,30,33,36,39,42,46-48,51,54-67H2,1-3H3/b10-7-,11-8-,19-16-,20-17-,26-24-,29-28-,32-31-,35-34-,38-37-,41-40-,44-25-,45-43-,52-49-,53-50-. The Morgan fingerprint density at radius 1 is 0.273 bits per heavy atom. The lowest BCUT2D eigenvalue weighted by atomic mass is 10.1. The number of carbonyl (C=O) groups excluding carboxylic acids is 3. The highest BCUT2D eigenvalue weighted by atomic mass is 16.6. The normalized spacial score (nSPS) is 13.3. The molecule has 0 aromatic heterocycles. The second-order valence-electron chi connectivity index (χ2n) is 19.5. The number of ether oxygens (including phenoxy) is 3. The summed E-state index contributed by atoms with van der Waals surface area (Å²) in [5.74, 6) is -1.01. The molecule has 0 N–H and O–H groups in total. The lowest BCUT2D eigenvalue weighted by Gasteiger charge is -2.18. The maximum absolute atomic E-state index is 12.8. The van der Waals surface area contributed by atoms with Gasteiger partial charge in [0.1, 0.15) is 13.2 Å². The highest BCUT2D eigenvalue weighted by molar-refractivity contribution is 5.71. The van der Waals surface area contributed by atoms with E-state index in [0.29, 0.717) is 19.3 Å². The van der Waals surface area contributed by atoms with E-state index in [2.05, 4.69) is 191 Å².